The molecule has 0 spiro atoms. The molecule has 1 aliphatic carbocycles. The predicted molar refractivity (Wildman–Crippen MR) is 68.4 cm³/mol. The van der Waals surface area contributed by atoms with E-state index in [2.05, 4.69) is 24.1 Å². The molecule has 0 aromatic carbocycles. The van der Waals surface area contributed by atoms with E-state index >= 15 is 0 Å². The standard InChI is InChI=1S/C13H21N3/c1-9-8-15-12(7-10(9)14)16-11-5-4-6-13(11,2)3/h7-8,11H,4-6H2,1-3H3,(H3,14,15,16). The Kier molecular flexibility index (Phi) is 2.78. The SMILES string of the molecule is Cc1cnc(NC2CCCC2(C)C)cc1N. The van der Waals surface area contributed by atoms with Crippen LogP contribution in [-0.2, 0) is 0 Å². The highest BCUT2D eigenvalue weighted by molar-refractivity contribution is 5.53. The third kappa shape index (κ3) is 2.13. The van der Waals surface area contributed by atoms with Crippen molar-refractivity contribution in [1.29, 1.82) is 0 Å². The molecular formula is C13H21N3. The molecule has 1 heterocycles. The molecule has 1 aromatic heterocycles. The minimum absolute atomic E-state index is 0.362. The van der Waals surface area contributed by atoms with Crippen LogP contribution < -0.4 is 11.1 Å². The van der Waals surface area contributed by atoms with E-state index in [9.17, 15) is 0 Å². The zero-order valence-corrected chi connectivity index (χ0v) is 10.4. The van der Waals surface area contributed by atoms with Crippen molar-refractivity contribution in [3.8, 4) is 0 Å². The van der Waals surface area contributed by atoms with Crippen molar-refractivity contribution in [2.24, 2.45) is 5.41 Å². The van der Waals surface area contributed by atoms with Gasteiger partial charge in [0.15, 0.2) is 0 Å². The number of aromatic nitrogens is 1. The summed E-state index contributed by atoms with van der Waals surface area (Å²) in [6.45, 7) is 6.61. The average molecular weight is 219 g/mol. The molecule has 1 fully saturated rings. The number of nitrogens with two attached hydrogens (primary N) is 1. The molecule has 1 saturated carbocycles. The van der Waals surface area contributed by atoms with Crippen molar-refractivity contribution in [2.45, 2.75) is 46.1 Å². The van der Waals surface area contributed by atoms with E-state index in [0.717, 1.165) is 17.1 Å². The van der Waals surface area contributed by atoms with Crippen LogP contribution in [0.25, 0.3) is 0 Å². The molecule has 0 bridgehead atoms. The van der Waals surface area contributed by atoms with Gasteiger partial charge in [-0.1, -0.05) is 20.3 Å². The highest BCUT2D eigenvalue weighted by Crippen LogP contribution is 2.38. The molecule has 1 unspecified atom stereocenters. The van der Waals surface area contributed by atoms with Crippen LogP contribution in [0.15, 0.2) is 12.3 Å². The van der Waals surface area contributed by atoms with Crippen LogP contribution in [-0.4, -0.2) is 11.0 Å². The first-order valence-corrected chi connectivity index (χ1v) is 5.98. The van der Waals surface area contributed by atoms with Crippen LogP contribution in [0.4, 0.5) is 11.5 Å². The summed E-state index contributed by atoms with van der Waals surface area (Å²) in [6.07, 6.45) is 5.64. The summed E-state index contributed by atoms with van der Waals surface area (Å²) in [7, 11) is 0. The molecule has 0 aliphatic heterocycles. The first-order valence-electron chi connectivity index (χ1n) is 5.98. The van der Waals surface area contributed by atoms with Gasteiger partial charge in [0.2, 0.25) is 0 Å². The normalized spacial score (nSPS) is 23.3. The first kappa shape index (κ1) is 11.2. The van der Waals surface area contributed by atoms with E-state index in [-0.39, 0.29) is 0 Å². The smallest absolute Gasteiger partial charge is 0.128 e. The second-order valence-electron chi connectivity index (χ2n) is 5.50. The number of aryl methyl sites for hydroxylation is 1. The van der Waals surface area contributed by atoms with Crippen molar-refractivity contribution >= 4 is 11.5 Å². The molecule has 1 atom stereocenters. The van der Waals surface area contributed by atoms with Crippen LogP contribution in [0.2, 0.25) is 0 Å². The zero-order chi connectivity index (χ0) is 11.8. The highest BCUT2D eigenvalue weighted by atomic mass is 15.0. The first-order chi connectivity index (χ1) is 7.49. The highest BCUT2D eigenvalue weighted by Gasteiger charge is 2.34. The fraction of sp³-hybridized carbons (Fsp3) is 0.615. The van der Waals surface area contributed by atoms with Gasteiger partial charge >= 0.3 is 0 Å². The molecule has 1 aromatic rings. The molecule has 0 saturated heterocycles. The van der Waals surface area contributed by atoms with E-state index in [1.165, 1.54) is 19.3 Å². The summed E-state index contributed by atoms with van der Waals surface area (Å²) >= 11 is 0. The fourth-order valence-corrected chi connectivity index (χ4v) is 2.39. The van der Waals surface area contributed by atoms with Gasteiger partial charge in [0.25, 0.3) is 0 Å². The van der Waals surface area contributed by atoms with Crippen LogP contribution in [0.1, 0.15) is 38.7 Å². The number of nitrogens with zero attached hydrogens (tertiary/aromatic N) is 1. The Hall–Kier alpha value is -1.25. The van der Waals surface area contributed by atoms with Gasteiger partial charge < -0.3 is 11.1 Å². The summed E-state index contributed by atoms with van der Waals surface area (Å²) in [5.74, 6) is 0.906. The van der Waals surface area contributed by atoms with Crippen molar-refractivity contribution in [2.75, 3.05) is 11.1 Å². The molecular weight excluding hydrogens is 198 g/mol. The number of anilines is 2. The van der Waals surface area contributed by atoms with Gasteiger partial charge in [0, 0.05) is 24.0 Å². The van der Waals surface area contributed by atoms with Gasteiger partial charge in [-0.25, -0.2) is 4.98 Å². The van der Waals surface area contributed by atoms with Gasteiger partial charge in [-0.05, 0) is 30.7 Å². The quantitative estimate of drug-likeness (QED) is 0.804. The third-order valence-corrected chi connectivity index (χ3v) is 3.72. The molecule has 2 rings (SSSR count). The van der Waals surface area contributed by atoms with Gasteiger partial charge in [-0.3, -0.25) is 0 Å². The Bertz CT molecular complexity index is 385. The Morgan fingerprint density at radius 3 is 2.81 bits per heavy atom. The number of rotatable bonds is 2. The maximum Gasteiger partial charge on any atom is 0.128 e. The van der Waals surface area contributed by atoms with Gasteiger partial charge in [0.1, 0.15) is 5.82 Å². The van der Waals surface area contributed by atoms with Gasteiger partial charge in [-0.15, -0.1) is 0 Å². The summed E-state index contributed by atoms with van der Waals surface area (Å²) in [5.41, 5.74) is 8.10. The number of nitrogens with one attached hydrogen (secondary N) is 1. The van der Waals surface area contributed by atoms with E-state index in [1.807, 2.05) is 19.2 Å². The lowest BCUT2D eigenvalue weighted by Gasteiger charge is -2.28. The Morgan fingerprint density at radius 2 is 2.25 bits per heavy atom. The minimum Gasteiger partial charge on any atom is -0.398 e. The molecule has 16 heavy (non-hydrogen) atoms. The van der Waals surface area contributed by atoms with Crippen LogP contribution in [0, 0.1) is 12.3 Å². The second-order valence-corrected chi connectivity index (χ2v) is 5.50. The third-order valence-electron chi connectivity index (χ3n) is 3.72. The predicted octanol–water partition coefficient (Wildman–Crippen LogP) is 2.96. The number of pyridine rings is 1. The maximum absolute atomic E-state index is 5.88. The maximum atomic E-state index is 5.88. The number of nitrogen functional groups attached to an aromatic ring is 1. The topological polar surface area (TPSA) is 50.9 Å². The molecule has 3 nitrogen and oxygen atoms in total. The molecule has 3 heteroatoms. The zero-order valence-electron chi connectivity index (χ0n) is 10.4. The van der Waals surface area contributed by atoms with Crippen molar-refractivity contribution in [3.63, 3.8) is 0 Å². The largest absolute Gasteiger partial charge is 0.398 e. The van der Waals surface area contributed by atoms with Crippen molar-refractivity contribution < 1.29 is 0 Å². The van der Waals surface area contributed by atoms with E-state index < -0.39 is 0 Å². The van der Waals surface area contributed by atoms with Gasteiger partial charge in [0.05, 0.1) is 0 Å². The Labute approximate surface area is 97.5 Å². The van der Waals surface area contributed by atoms with Gasteiger partial charge in [-0.2, -0.15) is 0 Å². The van der Waals surface area contributed by atoms with E-state index in [4.69, 9.17) is 5.73 Å². The lowest BCUT2D eigenvalue weighted by molar-refractivity contribution is 0.349. The van der Waals surface area contributed by atoms with Crippen molar-refractivity contribution in [3.05, 3.63) is 17.8 Å². The Balaban J connectivity index is 2.12. The van der Waals surface area contributed by atoms with Crippen LogP contribution in [0.3, 0.4) is 0 Å². The molecule has 88 valence electrons. The lowest BCUT2D eigenvalue weighted by Crippen LogP contribution is -2.31. The Morgan fingerprint density at radius 1 is 1.50 bits per heavy atom. The van der Waals surface area contributed by atoms with Crippen molar-refractivity contribution in [1.82, 2.24) is 4.98 Å². The summed E-state index contributed by atoms with van der Waals surface area (Å²) in [5, 5.41) is 3.51. The molecule has 0 amide bonds. The fourth-order valence-electron chi connectivity index (χ4n) is 2.39. The summed E-state index contributed by atoms with van der Waals surface area (Å²) < 4.78 is 0. The minimum atomic E-state index is 0.362. The number of hydrogen-bond acceptors (Lipinski definition) is 3. The summed E-state index contributed by atoms with van der Waals surface area (Å²) in [4.78, 5) is 4.38. The monoisotopic (exact) mass is 219 g/mol. The number of hydrogen-bond donors (Lipinski definition) is 2. The molecule has 0 radical (unpaired) electrons. The van der Waals surface area contributed by atoms with Crippen LogP contribution >= 0.6 is 0 Å². The second kappa shape index (κ2) is 3.96. The summed E-state index contributed by atoms with van der Waals surface area (Å²) in [6, 6.07) is 2.45. The average Bonchev–Trinajstić information content (AvgIpc) is 2.52. The lowest BCUT2D eigenvalue weighted by atomic mass is 9.87. The molecule has 1 aliphatic rings. The van der Waals surface area contributed by atoms with Crippen LogP contribution in [0.5, 0.6) is 0 Å². The van der Waals surface area contributed by atoms with E-state index in [1.54, 1.807) is 0 Å². The van der Waals surface area contributed by atoms with E-state index in [0.29, 0.717) is 11.5 Å². The molecule has 3 N–H and O–H groups in total.